The zero-order valence-electron chi connectivity index (χ0n) is 16.4. The van der Waals surface area contributed by atoms with E-state index in [4.69, 9.17) is 16.3 Å². The van der Waals surface area contributed by atoms with Crippen LogP contribution >= 0.6 is 11.6 Å². The van der Waals surface area contributed by atoms with Gasteiger partial charge in [0.15, 0.2) is 0 Å². The summed E-state index contributed by atoms with van der Waals surface area (Å²) in [5, 5.41) is 2.64. The number of rotatable bonds is 5. The second-order valence-electron chi connectivity index (χ2n) is 6.72. The molecule has 1 saturated heterocycles. The molecule has 1 atom stereocenters. The maximum absolute atomic E-state index is 13.1. The fraction of sp³-hybridized carbons (Fsp3) is 0.227. The second kappa shape index (κ2) is 8.49. The molecule has 0 aromatic heterocycles. The zero-order chi connectivity index (χ0) is 21.1. The average molecular weight is 413 g/mol. The van der Waals surface area contributed by atoms with Crippen molar-refractivity contribution in [3.8, 4) is 5.75 Å². The summed E-state index contributed by atoms with van der Waals surface area (Å²) in [4.78, 5) is 38.8. The first-order valence-corrected chi connectivity index (χ1v) is 9.63. The molecule has 0 spiro atoms. The lowest BCUT2D eigenvalue weighted by molar-refractivity contribution is -0.122. The number of amides is 4. The molecule has 1 N–H and O–H groups in total. The van der Waals surface area contributed by atoms with Crippen LogP contribution in [0.4, 0.5) is 10.5 Å². The minimum absolute atomic E-state index is 0.0300. The van der Waals surface area contributed by atoms with Crippen LogP contribution in [0.25, 0.3) is 6.08 Å². The maximum Gasteiger partial charge on any atom is 0.335 e. The molecule has 0 saturated carbocycles. The van der Waals surface area contributed by atoms with Gasteiger partial charge in [-0.15, -0.1) is 0 Å². The van der Waals surface area contributed by atoms with Crippen molar-refractivity contribution >= 4 is 41.2 Å². The molecule has 1 heterocycles. The van der Waals surface area contributed by atoms with Crippen molar-refractivity contribution in [2.24, 2.45) is 0 Å². The average Bonchev–Trinajstić information content (AvgIpc) is 2.69. The number of barbiturate groups is 1. The van der Waals surface area contributed by atoms with E-state index in [1.807, 2.05) is 19.9 Å². The Bertz CT molecular complexity index is 1020. The molecule has 6 nitrogen and oxygen atoms in total. The van der Waals surface area contributed by atoms with Crippen LogP contribution < -0.4 is 15.0 Å². The molecule has 2 aromatic rings. The molecule has 0 unspecified atom stereocenters. The zero-order valence-corrected chi connectivity index (χ0v) is 17.1. The van der Waals surface area contributed by atoms with Crippen molar-refractivity contribution in [3.63, 3.8) is 0 Å². The van der Waals surface area contributed by atoms with Gasteiger partial charge in [-0.05, 0) is 50.1 Å². The number of ether oxygens (including phenoxy) is 1. The summed E-state index contributed by atoms with van der Waals surface area (Å²) in [6.45, 7) is 5.64. The first kappa shape index (κ1) is 20.6. The fourth-order valence-corrected chi connectivity index (χ4v) is 3.05. The Kier molecular flexibility index (Phi) is 6.03. The second-order valence-corrected chi connectivity index (χ2v) is 7.12. The van der Waals surface area contributed by atoms with E-state index in [1.54, 1.807) is 43.3 Å². The van der Waals surface area contributed by atoms with Crippen molar-refractivity contribution in [2.45, 2.75) is 33.3 Å². The van der Waals surface area contributed by atoms with E-state index < -0.39 is 17.8 Å². The van der Waals surface area contributed by atoms with Crippen molar-refractivity contribution in [2.75, 3.05) is 4.90 Å². The Balaban J connectivity index is 2.04. The molecule has 3 rings (SSSR count). The number of para-hydroxylation sites is 1. The monoisotopic (exact) mass is 412 g/mol. The number of urea groups is 1. The molecule has 0 radical (unpaired) electrons. The summed E-state index contributed by atoms with van der Waals surface area (Å²) in [6, 6.07) is 11.2. The molecule has 0 aliphatic carbocycles. The van der Waals surface area contributed by atoms with Gasteiger partial charge >= 0.3 is 6.03 Å². The van der Waals surface area contributed by atoms with Crippen LogP contribution in [0.5, 0.6) is 5.75 Å². The third-order valence-electron chi connectivity index (χ3n) is 4.70. The van der Waals surface area contributed by atoms with Gasteiger partial charge in [0.1, 0.15) is 11.3 Å². The Morgan fingerprint density at radius 3 is 2.59 bits per heavy atom. The number of benzene rings is 2. The summed E-state index contributed by atoms with van der Waals surface area (Å²) in [7, 11) is 0. The predicted octanol–water partition coefficient (Wildman–Crippen LogP) is 4.49. The van der Waals surface area contributed by atoms with Crippen LogP contribution in [-0.2, 0) is 9.59 Å². The van der Waals surface area contributed by atoms with E-state index in [9.17, 15) is 14.4 Å². The van der Waals surface area contributed by atoms with Gasteiger partial charge < -0.3 is 4.74 Å². The largest absolute Gasteiger partial charge is 0.490 e. The molecule has 1 aliphatic rings. The van der Waals surface area contributed by atoms with Gasteiger partial charge in [0.2, 0.25) is 0 Å². The highest BCUT2D eigenvalue weighted by atomic mass is 35.5. The maximum atomic E-state index is 13.1. The van der Waals surface area contributed by atoms with E-state index in [2.05, 4.69) is 5.32 Å². The predicted molar refractivity (Wildman–Crippen MR) is 112 cm³/mol. The van der Waals surface area contributed by atoms with Crippen LogP contribution in [0.3, 0.4) is 0 Å². The highest BCUT2D eigenvalue weighted by Crippen LogP contribution is 2.30. The molecule has 1 fully saturated rings. The number of carbonyl (C=O) groups excluding carboxylic acids is 3. The Morgan fingerprint density at radius 1 is 1.14 bits per heavy atom. The van der Waals surface area contributed by atoms with Crippen LogP contribution in [-0.4, -0.2) is 23.9 Å². The molecule has 1 aliphatic heterocycles. The number of hydrogen-bond acceptors (Lipinski definition) is 4. The first-order chi connectivity index (χ1) is 13.8. The standard InChI is InChI=1S/C22H21ClN2O4/c1-4-13(2)29-19-11-6-5-8-15(19)12-16-20(26)24-22(28)25(21(16)27)18-10-7-9-17(23)14(18)3/h5-13H,4H2,1-3H3,(H,24,26,28)/b16-12+/t13-/m0/s1. The number of nitrogens with zero attached hydrogens (tertiary/aromatic N) is 1. The van der Waals surface area contributed by atoms with Crippen LogP contribution in [0.1, 0.15) is 31.4 Å². The topological polar surface area (TPSA) is 75.7 Å². The fourth-order valence-electron chi connectivity index (χ4n) is 2.88. The van der Waals surface area contributed by atoms with Crippen molar-refractivity contribution < 1.29 is 19.1 Å². The number of imide groups is 2. The van der Waals surface area contributed by atoms with Gasteiger partial charge in [-0.25, -0.2) is 9.69 Å². The van der Waals surface area contributed by atoms with Gasteiger partial charge in [-0.1, -0.05) is 42.8 Å². The van der Waals surface area contributed by atoms with Crippen molar-refractivity contribution in [3.05, 3.63) is 64.2 Å². The number of halogens is 1. The van der Waals surface area contributed by atoms with E-state index in [1.165, 1.54) is 6.08 Å². The number of carbonyl (C=O) groups is 3. The van der Waals surface area contributed by atoms with Gasteiger partial charge in [0.05, 0.1) is 11.8 Å². The third kappa shape index (κ3) is 4.17. The summed E-state index contributed by atoms with van der Waals surface area (Å²) in [5.41, 5.74) is 1.29. The SMILES string of the molecule is CC[C@H](C)Oc1ccccc1/C=C1\C(=O)NC(=O)N(c2cccc(Cl)c2C)C1=O. The Hall–Kier alpha value is -3.12. The number of nitrogens with one attached hydrogen (secondary N) is 1. The molecule has 150 valence electrons. The molecular formula is C22H21ClN2O4. The van der Waals surface area contributed by atoms with E-state index in [0.29, 0.717) is 27.6 Å². The van der Waals surface area contributed by atoms with E-state index in [0.717, 1.165) is 11.3 Å². The smallest absolute Gasteiger partial charge is 0.335 e. The van der Waals surface area contributed by atoms with Crippen LogP contribution in [0.15, 0.2) is 48.0 Å². The number of anilines is 1. The summed E-state index contributed by atoms with van der Waals surface area (Å²) in [5.74, 6) is -0.922. The lowest BCUT2D eigenvalue weighted by Gasteiger charge is -2.28. The normalized spacial score (nSPS) is 16.8. The molecule has 29 heavy (non-hydrogen) atoms. The quantitative estimate of drug-likeness (QED) is 0.579. The molecule has 0 bridgehead atoms. The highest BCUT2D eigenvalue weighted by molar-refractivity contribution is 6.40. The lowest BCUT2D eigenvalue weighted by atomic mass is 10.0. The summed E-state index contributed by atoms with van der Waals surface area (Å²) < 4.78 is 5.89. The van der Waals surface area contributed by atoms with Gasteiger partial charge in [-0.3, -0.25) is 14.9 Å². The summed E-state index contributed by atoms with van der Waals surface area (Å²) >= 11 is 6.14. The van der Waals surface area contributed by atoms with Gasteiger partial charge in [0.25, 0.3) is 11.8 Å². The molecule has 7 heteroatoms. The van der Waals surface area contributed by atoms with Crippen LogP contribution in [0.2, 0.25) is 5.02 Å². The first-order valence-electron chi connectivity index (χ1n) is 9.25. The Labute approximate surface area is 174 Å². The van der Waals surface area contributed by atoms with Crippen LogP contribution in [0, 0.1) is 6.92 Å². The molecule has 2 aromatic carbocycles. The van der Waals surface area contributed by atoms with Gasteiger partial charge in [-0.2, -0.15) is 0 Å². The Morgan fingerprint density at radius 2 is 1.86 bits per heavy atom. The minimum atomic E-state index is -0.813. The van der Waals surface area contributed by atoms with E-state index in [-0.39, 0.29) is 11.7 Å². The minimum Gasteiger partial charge on any atom is -0.490 e. The summed E-state index contributed by atoms with van der Waals surface area (Å²) in [6.07, 6.45) is 2.22. The van der Waals surface area contributed by atoms with Crippen molar-refractivity contribution in [1.82, 2.24) is 5.32 Å². The highest BCUT2D eigenvalue weighted by Gasteiger charge is 2.37. The lowest BCUT2D eigenvalue weighted by Crippen LogP contribution is -2.54. The molecule has 4 amide bonds. The number of hydrogen-bond donors (Lipinski definition) is 1. The van der Waals surface area contributed by atoms with Crippen molar-refractivity contribution in [1.29, 1.82) is 0 Å². The molecular weight excluding hydrogens is 392 g/mol. The van der Waals surface area contributed by atoms with E-state index >= 15 is 0 Å². The third-order valence-corrected chi connectivity index (χ3v) is 5.11. The van der Waals surface area contributed by atoms with Gasteiger partial charge in [0, 0.05) is 10.6 Å².